The topological polar surface area (TPSA) is 98.4 Å². The van der Waals surface area contributed by atoms with Crippen LogP contribution in [-0.2, 0) is 4.74 Å². The molecule has 2 aromatic rings. The first-order valence-electron chi connectivity index (χ1n) is 8.61. The Labute approximate surface area is 153 Å². The minimum Gasteiger partial charge on any atom is -0.459 e. The Morgan fingerprint density at radius 2 is 1.81 bits per heavy atom. The number of nitrogens with zero attached hydrogens (tertiary/aromatic N) is 3. The van der Waals surface area contributed by atoms with Crippen LogP contribution in [-0.4, -0.2) is 41.0 Å². The van der Waals surface area contributed by atoms with Gasteiger partial charge in [-0.15, -0.1) is 0 Å². The van der Waals surface area contributed by atoms with Crippen LogP contribution in [0.2, 0.25) is 0 Å². The van der Waals surface area contributed by atoms with Crippen molar-refractivity contribution < 1.29 is 14.3 Å². The van der Waals surface area contributed by atoms with Gasteiger partial charge in [0.1, 0.15) is 5.69 Å². The monoisotopic (exact) mass is 356 g/mol. The van der Waals surface area contributed by atoms with Gasteiger partial charge in [0.25, 0.3) is 5.91 Å². The quantitative estimate of drug-likeness (QED) is 0.766. The minimum absolute atomic E-state index is 0.101. The van der Waals surface area contributed by atoms with Crippen LogP contribution in [0.5, 0.6) is 0 Å². The van der Waals surface area contributed by atoms with Crippen molar-refractivity contribution in [2.24, 2.45) is 5.73 Å². The molecule has 1 aromatic heterocycles. The van der Waals surface area contributed by atoms with Crippen LogP contribution >= 0.6 is 0 Å². The Morgan fingerprint density at radius 3 is 2.38 bits per heavy atom. The summed E-state index contributed by atoms with van der Waals surface area (Å²) in [6.07, 6.45) is -0.242. The van der Waals surface area contributed by atoms with Crippen LogP contribution in [0.3, 0.4) is 0 Å². The van der Waals surface area contributed by atoms with E-state index in [0.717, 1.165) is 0 Å². The summed E-state index contributed by atoms with van der Waals surface area (Å²) in [5.41, 5.74) is 6.93. The van der Waals surface area contributed by atoms with Crippen molar-refractivity contribution in [1.82, 2.24) is 9.97 Å². The SMILES string of the molecule is CCN(CC)c1nc(C(N)=O)cc(-c2ccccc2C(=O)OC(C)C)n1. The van der Waals surface area contributed by atoms with E-state index < -0.39 is 11.9 Å². The number of carbonyl (C=O) groups excluding carboxylic acids is 2. The molecule has 2 rings (SSSR count). The zero-order valence-corrected chi connectivity index (χ0v) is 15.5. The number of ether oxygens (including phenoxy) is 1. The number of benzene rings is 1. The molecule has 2 N–H and O–H groups in total. The normalized spacial score (nSPS) is 10.7. The predicted molar refractivity (Wildman–Crippen MR) is 100 cm³/mol. The number of carbonyl (C=O) groups is 2. The molecule has 0 spiro atoms. The Morgan fingerprint density at radius 1 is 1.15 bits per heavy atom. The highest BCUT2D eigenvalue weighted by atomic mass is 16.5. The zero-order valence-electron chi connectivity index (χ0n) is 15.5. The maximum atomic E-state index is 12.4. The van der Waals surface area contributed by atoms with Gasteiger partial charge in [-0.2, -0.15) is 0 Å². The van der Waals surface area contributed by atoms with Gasteiger partial charge < -0.3 is 15.4 Å². The number of nitrogens with two attached hydrogens (primary N) is 1. The third kappa shape index (κ3) is 4.36. The molecule has 7 heteroatoms. The first kappa shape index (κ1) is 19.4. The Kier molecular flexibility index (Phi) is 6.27. The summed E-state index contributed by atoms with van der Waals surface area (Å²) in [5.74, 6) is -0.697. The maximum Gasteiger partial charge on any atom is 0.339 e. The van der Waals surface area contributed by atoms with Crippen LogP contribution in [0.4, 0.5) is 5.95 Å². The van der Waals surface area contributed by atoms with E-state index in [9.17, 15) is 9.59 Å². The van der Waals surface area contributed by atoms with Gasteiger partial charge >= 0.3 is 5.97 Å². The summed E-state index contributed by atoms with van der Waals surface area (Å²) < 4.78 is 5.31. The van der Waals surface area contributed by atoms with Gasteiger partial charge in [0.15, 0.2) is 0 Å². The van der Waals surface area contributed by atoms with Crippen molar-refractivity contribution in [3.8, 4) is 11.3 Å². The number of primary amides is 1. The van der Waals surface area contributed by atoms with Crippen molar-refractivity contribution >= 4 is 17.8 Å². The second kappa shape index (κ2) is 8.42. The van der Waals surface area contributed by atoms with Crippen molar-refractivity contribution in [2.45, 2.75) is 33.8 Å². The molecule has 0 unspecified atom stereocenters. The number of hydrogen-bond donors (Lipinski definition) is 1. The number of hydrogen-bond acceptors (Lipinski definition) is 6. The molecule has 1 heterocycles. The minimum atomic E-state index is -0.649. The highest BCUT2D eigenvalue weighted by Gasteiger charge is 2.19. The summed E-state index contributed by atoms with van der Waals surface area (Å²) >= 11 is 0. The second-order valence-electron chi connectivity index (χ2n) is 5.97. The summed E-state index contributed by atoms with van der Waals surface area (Å²) in [7, 11) is 0. The lowest BCUT2D eigenvalue weighted by molar-refractivity contribution is 0.0378. The molecule has 1 aromatic carbocycles. The van der Waals surface area contributed by atoms with Crippen molar-refractivity contribution in [3.63, 3.8) is 0 Å². The van der Waals surface area contributed by atoms with E-state index in [-0.39, 0.29) is 11.8 Å². The zero-order chi connectivity index (χ0) is 19.3. The Hall–Kier alpha value is -2.96. The second-order valence-corrected chi connectivity index (χ2v) is 5.97. The van der Waals surface area contributed by atoms with Gasteiger partial charge in [-0.25, -0.2) is 14.8 Å². The lowest BCUT2D eigenvalue weighted by Gasteiger charge is -2.20. The molecule has 0 fully saturated rings. The predicted octanol–water partition coefficient (Wildman–Crippen LogP) is 2.65. The number of aromatic nitrogens is 2. The molecule has 0 radical (unpaired) electrons. The molecule has 138 valence electrons. The fourth-order valence-electron chi connectivity index (χ4n) is 2.51. The van der Waals surface area contributed by atoms with Gasteiger partial charge in [0.2, 0.25) is 5.95 Å². The molecule has 0 atom stereocenters. The van der Waals surface area contributed by atoms with Crippen molar-refractivity contribution in [2.75, 3.05) is 18.0 Å². The average Bonchev–Trinajstić information content (AvgIpc) is 2.62. The Balaban J connectivity index is 2.61. The van der Waals surface area contributed by atoms with E-state index in [1.165, 1.54) is 6.07 Å². The molecule has 0 saturated carbocycles. The van der Waals surface area contributed by atoms with Crippen LogP contribution in [0.1, 0.15) is 48.5 Å². The number of rotatable bonds is 7. The van der Waals surface area contributed by atoms with Gasteiger partial charge in [-0.05, 0) is 39.8 Å². The third-order valence-electron chi connectivity index (χ3n) is 3.78. The standard InChI is InChI=1S/C19H24N4O3/c1-5-23(6-2)19-21-15(11-16(22-19)17(20)24)13-9-7-8-10-14(13)18(25)26-12(3)4/h7-12H,5-6H2,1-4H3,(H2,20,24). The molecular weight excluding hydrogens is 332 g/mol. The summed E-state index contributed by atoms with van der Waals surface area (Å²) in [6, 6.07) is 8.47. The molecule has 1 amide bonds. The molecule has 7 nitrogen and oxygen atoms in total. The molecule has 0 saturated heterocycles. The molecule has 0 bridgehead atoms. The lowest BCUT2D eigenvalue weighted by atomic mass is 10.0. The summed E-state index contributed by atoms with van der Waals surface area (Å²) in [4.78, 5) is 34.9. The Bertz CT molecular complexity index is 801. The summed E-state index contributed by atoms with van der Waals surface area (Å²) in [6.45, 7) is 8.86. The van der Waals surface area contributed by atoms with Crippen molar-refractivity contribution in [3.05, 3.63) is 41.6 Å². The van der Waals surface area contributed by atoms with E-state index in [4.69, 9.17) is 10.5 Å². The van der Waals surface area contributed by atoms with Gasteiger partial charge in [0.05, 0.1) is 17.4 Å². The van der Waals surface area contributed by atoms with Crippen LogP contribution in [0.15, 0.2) is 30.3 Å². The highest BCUT2D eigenvalue weighted by molar-refractivity contribution is 5.98. The lowest BCUT2D eigenvalue weighted by Crippen LogP contribution is -2.26. The van der Waals surface area contributed by atoms with Crippen LogP contribution in [0, 0.1) is 0 Å². The third-order valence-corrected chi connectivity index (χ3v) is 3.78. The first-order chi connectivity index (χ1) is 12.4. The fourth-order valence-corrected chi connectivity index (χ4v) is 2.51. The molecule has 0 aliphatic carbocycles. The molecule has 26 heavy (non-hydrogen) atoms. The van der Waals surface area contributed by atoms with E-state index in [1.54, 1.807) is 38.1 Å². The fraction of sp³-hybridized carbons (Fsp3) is 0.368. The number of anilines is 1. The van der Waals surface area contributed by atoms with Gasteiger partial charge in [-0.1, -0.05) is 18.2 Å². The van der Waals surface area contributed by atoms with E-state index in [2.05, 4.69) is 9.97 Å². The van der Waals surface area contributed by atoms with Crippen molar-refractivity contribution in [1.29, 1.82) is 0 Å². The van der Waals surface area contributed by atoms with E-state index in [1.807, 2.05) is 18.7 Å². The van der Waals surface area contributed by atoms with Gasteiger partial charge in [0, 0.05) is 18.7 Å². The largest absolute Gasteiger partial charge is 0.459 e. The number of amides is 1. The van der Waals surface area contributed by atoms with Crippen LogP contribution in [0.25, 0.3) is 11.3 Å². The molecule has 0 aliphatic rings. The molecule has 0 aliphatic heterocycles. The smallest absolute Gasteiger partial charge is 0.339 e. The maximum absolute atomic E-state index is 12.4. The first-order valence-corrected chi connectivity index (χ1v) is 8.61. The highest BCUT2D eigenvalue weighted by Crippen LogP contribution is 2.25. The number of esters is 1. The van der Waals surface area contributed by atoms with Gasteiger partial charge in [-0.3, -0.25) is 4.79 Å². The summed E-state index contributed by atoms with van der Waals surface area (Å²) in [5, 5.41) is 0. The van der Waals surface area contributed by atoms with Crippen LogP contribution < -0.4 is 10.6 Å². The van der Waals surface area contributed by atoms with E-state index >= 15 is 0 Å². The van der Waals surface area contributed by atoms with E-state index in [0.29, 0.717) is 35.9 Å². The average molecular weight is 356 g/mol. The molecular formula is C19H24N4O3.